The summed E-state index contributed by atoms with van der Waals surface area (Å²) in [4.78, 5) is 15.0. The second-order valence-corrected chi connectivity index (χ2v) is 9.90. The van der Waals surface area contributed by atoms with Crippen LogP contribution >= 0.6 is 0 Å². The molecule has 1 amide bonds. The third-order valence-electron chi connectivity index (χ3n) is 5.69. The fraction of sp³-hybridized carbons (Fsp3) is 0.435. The van der Waals surface area contributed by atoms with Gasteiger partial charge in [0.15, 0.2) is 0 Å². The van der Waals surface area contributed by atoms with Crippen LogP contribution in [0.25, 0.3) is 0 Å². The molecule has 1 fully saturated rings. The normalized spacial score (nSPS) is 15.7. The van der Waals surface area contributed by atoms with Crippen molar-refractivity contribution in [3.63, 3.8) is 0 Å². The molecule has 162 valence electrons. The van der Waals surface area contributed by atoms with Crippen molar-refractivity contribution >= 4 is 21.6 Å². The van der Waals surface area contributed by atoms with Crippen LogP contribution in [0.2, 0.25) is 0 Å². The van der Waals surface area contributed by atoms with Crippen molar-refractivity contribution in [3.05, 3.63) is 59.2 Å². The van der Waals surface area contributed by atoms with E-state index in [1.165, 1.54) is 6.07 Å². The molecule has 1 aliphatic rings. The van der Waals surface area contributed by atoms with Gasteiger partial charge in [-0.25, -0.2) is 8.42 Å². The highest BCUT2D eigenvalue weighted by Gasteiger charge is 2.20. The quantitative estimate of drug-likeness (QED) is 0.705. The van der Waals surface area contributed by atoms with Gasteiger partial charge in [-0.2, -0.15) is 0 Å². The van der Waals surface area contributed by atoms with E-state index < -0.39 is 10.0 Å². The van der Waals surface area contributed by atoms with E-state index in [1.807, 2.05) is 13.0 Å². The van der Waals surface area contributed by atoms with Crippen molar-refractivity contribution in [2.45, 2.75) is 38.0 Å². The van der Waals surface area contributed by atoms with E-state index in [-0.39, 0.29) is 10.8 Å². The maximum absolute atomic E-state index is 12.9. The molecule has 0 bridgehead atoms. The number of anilines is 1. The first-order valence-corrected chi connectivity index (χ1v) is 11.9. The van der Waals surface area contributed by atoms with Crippen LogP contribution in [0.4, 0.5) is 5.69 Å². The zero-order chi connectivity index (χ0) is 21.7. The minimum absolute atomic E-state index is 0.118. The highest BCUT2D eigenvalue weighted by atomic mass is 32.2. The number of aryl methyl sites for hydroxylation is 2. The van der Waals surface area contributed by atoms with E-state index >= 15 is 0 Å². The summed E-state index contributed by atoms with van der Waals surface area (Å²) in [6.45, 7) is 6.44. The molecule has 7 heteroatoms. The summed E-state index contributed by atoms with van der Waals surface area (Å²) in [5, 5.41) is 2.94. The van der Waals surface area contributed by atoms with Crippen LogP contribution < -0.4 is 10.0 Å². The molecule has 6 nitrogen and oxygen atoms in total. The number of nitrogens with one attached hydrogen (secondary N) is 2. The lowest BCUT2D eigenvalue weighted by Crippen LogP contribution is -2.32. The summed E-state index contributed by atoms with van der Waals surface area (Å²) in [5.74, 6) is 0.393. The molecule has 1 aliphatic heterocycles. The van der Waals surface area contributed by atoms with Gasteiger partial charge in [-0.15, -0.1) is 0 Å². The minimum Gasteiger partial charge on any atom is -0.352 e. The van der Waals surface area contributed by atoms with E-state index in [2.05, 4.69) is 22.0 Å². The molecule has 30 heavy (non-hydrogen) atoms. The molecule has 1 saturated heterocycles. The van der Waals surface area contributed by atoms with Crippen LogP contribution in [0.1, 0.15) is 40.7 Å². The number of carbonyl (C=O) groups is 1. The zero-order valence-corrected chi connectivity index (χ0v) is 18.8. The number of benzene rings is 2. The average Bonchev–Trinajstić information content (AvgIpc) is 2.69. The van der Waals surface area contributed by atoms with Crippen molar-refractivity contribution in [1.29, 1.82) is 0 Å². The van der Waals surface area contributed by atoms with Crippen LogP contribution in [-0.2, 0) is 10.0 Å². The molecule has 2 N–H and O–H groups in total. The molecule has 2 aromatic carbocycles. The van der Waals surface area contributed by atoms with Crippen LogP contribution in [0.15, 0.2) is 47.4 Å². The lowest BCUT2D eigenvalue weighted by Gasteiger charge is -2.28. The van der Waals surface area contributed by atoms with Gasteiger partial charge in [0.2, 0.25) is 0 Å². The Morgan fingerprint density at radius 2 is 1.83 bits per heavy atom. The number of hydrogen-bond acceptors (Lipinski definition) is 4. The van der Waals surface area contributed by atoms with Crippen molar-refractivity contribution in [3.8, 4) is 0 Å². The van der Waals surface area contributed by atoms with Crippen molar-refractivity contribution in [1.82, 2.24) is 10.2 Å². The van der Waals surface area contributed by atoms with Crippen molar-refractivity contribution in [2.75, 3.05) is 31.4 Å². The molecule has 1 heterocycles. The monoisotopic (exact) mass is 429 g/mol. The third-order valence-corrected chi connectivity index (χ3v) is 7.21. The Balaban J connectivity index is 1.65. The number of carbonyl (C=O) groups excluding carboxylic acids is 1. The first-order chi connectivity index (χ1) is 14.2. The summed E-state index contributed by atoms with van der Waals surface area (Å²) >= 11 is 0. The second kappa shape index (κ2) is 9.62. The Morgan fingerprint density at radius 1 is 1.10 bits per heavy atom. The Kier molecular flexibility index (Phi) is 7.15. The Bertz CT molecular complexity index is 997. The van der Waals surface area contributed by atoms with Gasteiger partial charge in [0.1, 0.15) is 0 Å². The lowest BCUT2D eigenvalue weighted by molar-refractivity contribution is 0.0948. The van der Waals surface area contributed by atoms with Gasteiger partial charge in [0, 0.05) is 17.8 Å². The lowest BCUT2D eigenvalue weighted by atomic mass is 9.94. The number of amides is 1. The van der Waals surface area contributed by atoms with Gasteiger partial charge in [-0.3, -0.25) is 9.52 Å². The first kappa shape index (κ1) is 22.3. The van der Waals surface area contributed by atoms with E-state index in [0.29, 0.717) is 29.3 Å². The summed E-state index contributed by atoms with van der Waals surface area (Å²) in [7, 11) is -1.66. The molecule has 0 atom stereocenters. The van der Waals surface area contributed by atoms with E-state index in [0.717, 1.165) is 37.9 Å². The molecule has 0 spiro atoms. The standard InChI is InChI=1S/C23H31N3O3S/c1-17-5-4-6-21(15-17)25-30(28,29)22-16-20(8-7-18(22)2)23(27)24-12-9-19-10-13-26(3)14-11-19/h4-8,15-16,19,25H,9-14H2,1-3H3,(H,24,27). The Hall–Kier alpha value is -2.38. The number of hydrogen-bond donors (Lipinski definition) is 2. The van der Waals surface area contributed by atoms with Crippen LogP contribution in [-0.4, -0.2) is 45.9 Å². The van der Waals surface area contributed by atoms with Crippen LogP contribution in [0, 0.1) is 19.8 Å². The topological polar surface area (TPSA) is 78.5 Å². The van der Waals surface area contributed by atoms with Gasteiger partial charge in [0.25, 0.3) is 15.9 Å². The molecule has 3 rings (SSSR count). The summed E-state index contributed by atoms with van der Waals surface area (Å²) in [6.07, 6.45) is 3.26. The van der Waals surface area contributed by atoms with Crippen molar-refractivity contribution in [2.24, 2.45) is 5.92 Å². The van der Waals surface area contributed by atoms with E-state index in [4.69, 9.17) is 0 Å². The number of nitrogens with zero attached hydrogens (tertiary/aromatic N) is 1. The summed E-state index contributed by atoms with van der Waals surface area (Å²) in [5.41, 5.74) is 2.42. The number of piperidine rings is 1. The van der Waals surface area contributed by atoms with Crippen molar-refractivity contribution < 1.29 is 13.2 Å². The Morgan fingerprint density at radius 3 is 2.53 bits per heavy atom. The molecule has 2 aromatic rings. The minimum atomic E-state index is -3.79. The fourth-order valence-corrected chi connectivity index (χ4v) is 5.11. The van der Waals surface area contributed by atoms with Gasteiger partial charge in [-0.05, 0) is 94.6 Å². The number of likely N-dealkylation sites (tertiary alicyclic amines) is 1. The number of rotatable bonds is 7. The first-order valence-electron chi connectivity index (χ1n) is 10.4. The zero-order valence-electron chi connectivity index (χ0n) is 17.9. The third kappa shape index (κ3) is 5.83. The van der Waals surface area contributed by atoms with Crippen LogP contribution in [0.5, 0.6) is 0 Å². The molecule has 0 unspecified atom stereocenters. The summed E-state index contributed by atoms with van der Waals surface area (Å²) < 4.78 is 28.4. The predicted octanol–water partition coefficient (Wildman–Crippen LogP) is 3.57. The van der Waals surface area contributed by atoms with Gasteiger partial charge >= 0.3 is 0 Å². The van der Waals surface area contributed by atoms with E-state index in [1.54, 1.807) is 37.3 Å². The largest absolute Gasteiger partial charge is 0.352 e. The number of sulfonamides is 1. The fourth-order valence-electron chi connectivity index (χ4n) is 3.79. The molecular formula is C23H31N3O3S. The summed E-state index contributed by atoms with van der Waals surface area (Å²) in [6, 6.07) is 12.0. The van der Waals surface area contributed by atoms with Crippen LogP contribution in [0.3, 0.4) is 0 Å². The SMILES string of the molecule is Cc1cccc(NS(=O)(=O)c2cc(C(=O)NCCC3CCN(C)CC3)ccc2C)c1. The Labute approximate surface area is 179 Å². The predicted molar refractivity (Wildman–Crippen MR) is 120 cm³/mol. The van der Waals surface area contributed by atoms with Gasteiger partial charge in [0.05, 0.1) is 4.90 Å². The van der Waals surface area contributed by atoms with E-state index in [9.17, 15) is 13.2 Å². The maximum atomic E-state index is 12.9. The van der Waals surface area contributed by atoms with Gasteiger partial charge < -0.3 is 10.2 Å². The van der Waals surface area contributed by atoms with Gasteiger partial charge in [-0.1, -0.05) is 18.2 Å². The smallest absolute Gasteiger partial charge is 0.262 e. The average molecular weight is 430 g/mol. The molecule has 0 radical (unpaired) electrons. The molecule has 0 aliphatic carbocycles. The molecule has 0 aromatic heterocycles. The second-order valence-electron chi connectivity index (χ2n) is 8.25. The maximum Gasteiger partial charge on any atom is 0.262 e. The molecule has 0 saturated carbocycles. The highest BCUT2D eigenvalue weighted by molar-refractivity contribution is 7.92. The molecular weight excluding hydrogens is 398 g/mol. The highest BCUT2D eigenvalue weighted by Crippen LogP contribution is 2.22.